The average Bonchev–Trinajstić information content (AvgIpc) is 2.92. The van der Waals surface area contributed by atoms with E-state index < -0.39 is 0 Å². The average molecular weight is 403 g/mol. The van der Waals surface area contributed by atoms with Crippen LogP contribution in [0.15, 0.2) is 0 Å². The van der Waals surface area contributed by atoms with Gasteiger partial charge < -0.3 is 5.11 Å². The van der Waals surface area contributed by atoms with Gasteiger partial charge in [-0.05, 0) is 110 Å². The maximum Gasteiger partial charge on any atom is 0.0543 e. The number of rotatable bonds is 5. The van der Waals surface area contributed by atoms with Crippen LogP contribution in [0.2, 0.25) is 0 Å². The molecule has 4 aliphatic rings. The first-order valence-corrected chi connectivity index (χ1v) is 13.4. The van der Waals surface area contributed by atoms with E-state index in [0.29, 0.717) is 10.8 Å². The Hall–Kier alpha value is -0.0400. The first kappa shape index (κ1) is 22.2. The van der Waals surface area contributed by atoms with Crippen LogP contribution < -0.4 is 0 Å². The topological polar surface area (TPSA) is 20.2 Å². The summed E-state index contributed by atoms with van der Waals surface area (Å²) in [5, 5.41) is 10.4. The number of hydrogen-bond donors (Lipinski definition) is 1. The lowest BCUT2D eigenvalue weighted by Crippen LogP contribution is -2.52. The molecule has 0 heterocycles. The quantitative estimate of drug-likeness (QED) is 0.496. The molecule has 0 aromatic rings. The third-order valence-electron chi connectivity index (χ3n) is 11.1. The summed E-state index contributed by atoms with van der Waals surface area (Å²) in [7, 11) is 0. The van der Waals surface area contributed by atoms with Crippen LogP contribution in [0.5, 0.6) is 0 Å². The van der Waals surface area contributed by atoms with E-state index >= 15 is 0 Å². The van der Waals surface area contributed by atoms with Crippen LogP contribution in [0.25, 0.3) is 0 Å². The summed E-state index contributed by atoms with van der Waals surface area (Å²) in [5.74, 6) is 6.46. The monoisotopic (exact) mass is 402 g/mol. The van der Waals surface area contributed by atoms with Crippen molar-refractivity contribution in [2.45, 2.75) is 124 Å². The summed E-state index contributed by atoms with van der Waals surface area (Å²) in [6, 6.07) is 0. The second kappa shape index (κ2) is 8.48. The van der Waals surface area contributed by atoms with E-state index in [1.54, 1.807) is 0 Å². The molecule has 4 aliphatic carbocycles. The van der Waals surface area contributed by atoms with Gasteiger partial charge in [-0.25, -0.2) is 0 Å². The SMILES string of the molecule is CC(C)CCC[C@@H](C)[C@@H]1CC[C@@H]2[C@@H]3CC[C@H]4C[C@H](O)CCC[C@]4(C)[C@H]3CC[C@]21C. The first-order chi connectivity index (χ1) is 13.8. The highest BCUT2D eigenvalue weighted by Gasteiger charge is 2.60. The third-order valence-corrected chi connectivity index (χ3v) is 11.1. The Morgan fingerprint density at radius 3 is 2.34 bits per heavy atom. The molecule has 4 saturated carbocycles. The van der Waals surface area contributed by atoms with Crippen molar-refractivity contribution in [2.24, 2.45) is 52.3 Å². The van der Waals surface area contributed by atoms with Gasteiger partial charge in [-0.1, -0.05) is 60.3 Å². The first-order valence-electron chi connectivity index (χ1n) is 13.4. The minimum atomic E-state index is -0.0187. The van der Waals surface area contributed by atoms with Gasteiger partial charge in [0.05, 0.1) is 6.10 Å². The molecule has 4 fully saturated rings. The molecule has 0 saturated heterocycles. The maximum atomic E-state index is 10.4. The molecule has 1 N–H and O–H groups in total. The van der Waals surface area contributed by atoms with Crippen molar-refractivity contribution in [1.82, 2.24) is 0 Å². The molecule has 29 heavy (non-hydrogen) atoms. The summed E-state index contributed by atoms with van der Waals surface area (Å²) >= 11 is 0. The number of hydrogen-bond acceptors (Lipinski definition) is 1. The van der Waals surface area contributed by atoms with Crippen molar-refractivity contribution in [1.29, 1.82) is 0 Å². The van der Waals surface area contributed by atoms with Crippen molar-refractivity contribution < 1.29 is 5.11 Å². The predicted molar refractivity (Wildman–Crippen MR) is 124 cm³/mol. The number of aliphatic hydroxyl groups excluding tert-OH is 1. The van der Waals surface area contributed by atoms with Crippen LogP contribution in [0, 0.1) is 52.3 Å². The van der Waals surface area contributed by atoms with Gasteiger partial charge in [0.25, 0.3) is 0 Å². The Bertz CT molecular complexity index is 555. The van der Waals surface area contributed by atoms with Gasteiger partial charge in [-0.3, -0.25) is 0 Å². The van der Waals surface area contributed by atoms with Gasteiger partial charge in [0.15, 0.2) is 0 Å². The van der Waals surface area contributed by atoms with Crippen LogP contribution in [0.3, 0.4) is 0 Å². The highest BCUT2D eigenvalue weighted by atomic mass is 16.3. The highest BCUT2D eigenvalue weighted by molar-refractivity contribution is 5.09. The molecular formula is C28H50O. The standard InChI is InChI=1S/C28H50O/c1-19(2)8-6-9-20(3)24-13-14-25-23-12-11-21-18-22(29)10-7-16-27(21,4)26(23)15-17-28(24,25)5/h19-26,29H,6-18H2,1-5H3/t20-,21+,22-,23+,24+,25-,26+,27+,28+/m1/s1. The van der Waals surface area contributed by atoms with Gasteiger partial charge >= 0.3 is 0 Å². The Kier molecular flexibility index (Phi) is 6.48. The molecule has 0 aromatic carbocycles. The summed E-state index contributed by atoms with van der Waals surface area (Å²) in [4.78, 5) is 0. The summed E-state index contributed by atoms with van der Waals surface area (Å²) < 4.78 is 0. The highest BCUT2D eigenvalue weighted by Crippen LogP contribution is 2.68. The van der Waals surface area contributed by atoms with Crippen LogP contribution >= 0.6 is 0 Å². The molecule has 0 unspecified atom stereocenters. The predicted octanol–water partition coefficient (Wildman–Crippen LogP) is 7.86. The Morgan fingerprint density at radius 1 is 0.828 bits per heavy atom. The van der Waals surface area contributed by atoms with Crippen molar-refractivity contribution in [3.8, 4) is 0 Å². The van der Waals surface area contributed by atoms with E-state index in [1.165, 1.54) is 70.6 Å². The van der Waals surface area contributed by atoms with Gasteiger partial charge in [-0.15, -0.1) is 0 Å². The van der Waals surface area contributed by atoms with Crippen LogP contribution in [0.4, 0.5) is 0 Å². The van der Waals surface area contributed by atoms with Crippen LogP contribution in [-0.4, -0.2) is 11.2 Å². The second-order valence-electron chi connectivity index (χ2n) is 13.0. The smallest absolute Gasteiger partial charge is 0.0543 e. The van der Waals surface area contributed by atoms with E-state index in [1.807, 2.05) is 0 Å². The molecule has 0 radical (unpaired) electrons. The van der Waals surface area contributed by atoms with Crippen molar-refractivity contribution in [2.75, 3.05) is 0 Å². The van der Waals surface area contributed by atoms with Gasteiger partial charge in [0, 0.05) is 0 Å². The molecule has 0 spiro atoms. The lowest BCUT2D eigenvalue weighted by atomic mass is 9.46. The summed E-state index contributed by atoms with van der Waals surface area (Å²) in [6.07, 6.45) is 17.9. The van der Waals surface area contributed by atoms with Gasteiger partial charge in [-0.2, -0.15) is 0 Å². The summed E-state index contributed by atoms with van der Waals surface area (Å²) in [5.41, 5.74) is 1.13. The van der Waals surface area contributed by atoms with E-state index in [0.717, 1.165) is 54.3 Å². The normalized spacial score (nSPS) is 48.5. The van der Waals surface area contributed by atoms with Crippen molar-refractivity contribution >= 4 is 0 Å². The Morgan fingerprint density at radius 2 is 1.59 bits per heavy atom. The minimum absolute atomic E-state index is 0.0187. The van der Waals surface area contributed by atoms with Crippen LogP contribution in [-0.2, 0) is 0 Å². The van der Waals surface area contributed by atoms with Gasteiger partial charge in [0.2, 0.25) is 0 Å². The third kappa shape index (κ3) is 3.96. The lowest BCUT2D eigenvalue weighted by Gasteiger charge is -2.59. The van der Waals surface area contributed by atoms with Crippen molar-refractivity contribution in [3.05, 3.63) is 0 Å². The second-order valence-corrected chi connectivity index (χ2v) is 13.0. The molecule has 0 aromatic heterocycles. The largest absolute Gasteiger partial charge is 0.393 e. The van der Waals surface area contributed by atoms with E-state index in [2.05, 4.69) is 34.6 Å². The lowest BCUT2D eigenvalue weighted by molar-refractivity contribution is -0.106. The molecule has 4 rings (SSSR count). The molecule has 0 bridgehead atoms. The number of fused-ring (bicyclic) bond motifs is 5. The number of aliphatic hydroxyl groups is 1. The van der Waals surface area contributed by atoms with Crippen LogP contribution in [0.1, 0.15) is 118 Å². The van der Waals surface area contributed by atoms with Crippen molar-refractivity contribution in [3.63, 3.8) is 0 Å². The molecular weight excluding hydrogens is 352 g/mol. The molecule has 0 aliphatic heterocycles. The fraction of sp³-hybridized carbons (Fsp3) is 1.00. The zero-order valence-electron chi connectivity index (χ0n) is 20.3. The Balaban J connectivity index is 1.47. The zero-order valence-corrected chi connectivity index (χ0v) is 20.3. The Labute approximate surface area is 181 Å². The maximum absolute atomic E-state index is 10.4. The molecule has 168 valence electrons. The van der Waals surface area contributed by atoms with E-state index in [4.69, 9.17) is 0 Å². The van der Waals surface area contributed by atoms with E-state index in [9.17, 15) is 5.11 Å². The fourth-order valence-electron chi connectivity index (χ4n) is 9.50. The zero-order chi connectivity index (χ0) is 20.8. The van der Waals surface area contributed by atoms with Gasteiger partial charge in [0.1, 0.15) is 0 Å². The molecule has 0 amide bonds. The summed E-state index contributed by atoms with van der Waals surface area (Å²) in [6.45, 7) is 12.7. The minimum Gasteiger partial charge on any atom is -0.393 e. The molecule has 1 nitrogen and oxygen atoms in total. The fourth-order valence-corrected chi connectivity index (χ4v) is 9.50. The molecule has 1 heteroatoms. The van der Waals surface area contributed by atoms with E-state index in [-0.39, 0.29) is 6.10 Å². The molecule has 9 atom stereocenters.